The largest absolute Gasteiger partial charge is 0.490 e. The van der Waals surface area contributed by atoms with E-state index in [4.69, 9.17) is 9.15 Å². The van der Waals surface area contributed by atoms with Gasteiger partial charge in [0.05, 0.1) is 31.1 Å². The minimum atomic E-state index is -0.359. The molecule has 4 heterocycles. The van der Waals surface area contributed by atoms with Crippen molar-refractivity contribution in [2.24, 2.45) is 5.10 Å². The molecule has 5 rings (SSSR count). The molecule has 8 heteroatoms. The van der Waals surface area contributed by atoms with Crippen LogP contribution >= 0.6 is 11.3 Å². The highest BCUT2D eigenvalue weighted by Crippen LogP contribution is 2.36. The van der Waals surface area contributed by atoms with Gasteiger partial charge in [-0.15, -0.1) is 11.3 Å². The van der Waals surface area contributed by atoms with Crippen molar-refractivity contribution in [1.82, 2.24) is 5.01 Å². The number of hydrogen-bond donors (Lipinski definition) is 0. The van der Waals surface area contributed by atoms with Gasteiger partial charge in [0.25, 0.3) is 5.91 Å². The number of hydrazone groups is 1. The molecule has 29 heavy (non-hydrogen) atoms. The van der Waals surface area contributed by atoms with E-state index in [2.05, 4.69) is 5.10 Å². The Morgan fingerprint density at radius 2 is 2.21 bits per heavy atom. The molecule has 0 fully saturated rings. The van der Waals surface area contributed by atoms with Gasteiger partial charge in [0, 0.05) is 17.4 Å². The monoisotopic (exact) mass is 411 g/mol. The molecule has 0 aliphatic carbocycles. The first-order valence-electron chi connectivity index (χ1n) is 9.33. The van der Waals surface area contributed by atoms with Crippen molar-refractivity contribution in [1.29, 1.82) is 0 Å². The molecule has 1 atom stereocenters. The Morgan fingerprint density at radius 3 is 3.00 bits per heavy atom. The smallest absolute Gasteiger partial charge is 0.262 e. The maximum absolute atomic E-state index is 13.8. The van der Waals surface area contributed by atoms with Crippen molar-refractivity contribution < 1.29 is 18.3 Å². The van der Waals surface area contributed by atoms with Gasteiger partial charge in [-0.3, -0.25) is 4.79 Å². The number of rotatable bonds is 4. The second kappa shape index (κ2) is 7.36. The molecular weight excluding hydrogens is 393 g/mol. The van der Waals surface area contributed by atoms with E-state index in [1.54, 1.807) is 23.7 Å². The number of halogens is 1. The molecule has 2 aliphatic heterocycles. The topological polar surface area (TPSA) is 58.3 Å². The first kappa shape index (κ1) is 17.9. The van der Waals surface area contributed by atoms with E-state index >= 15 is 0 Å². The van der Waals surface area contributed by atoms with Crippen LogP contribution in [0.5, 0.6) is 5.75 Å². The average Bonchev–Trinajstić information content (AvgIpc) is 3.48. The number of nitrogens with zero attached hydrogens (tertiary/aromatic N) is 3. The molecule has 0 N–H and O–H groups in total. The molecule has 148 valence electrons. The van der Waals surface area contributed by atoms with Crippen molar-refractivity contribution >= 4 is 28.6 Å². The Morgan fingerprint density at radius 1 is 1.28 bits per heavy atom. The van der Waals surface area contributed by atoms with Crippen LogP contribution in [0.2, 0.25) is 0 Å². The molecular formula is C21H18FN3O3S. The highest BCUT2D eigenvalue weighted by atomic mass is 32.1. The Hall–Kier alpha value is -3.13. The third kappa shape index (κ3) is 3.40. The van der Waals surface area contributed by atoms with Crippen LogP contribution in [-0.2, 0) is 4.79 Å². The lowest BCUT2D eigenvalue weighted by Crippen LogP contribution is -2.41. The molecule has 0 bridgehead atoms. The Bertz CT molecular complexity index is 1050. The zero-order valence-electron chi connectivity index (χ0n) is 15.5. The second-order valence-electron chi connectivity index (χ2n) is 6.88. The predicted octanol–water partition coefficient (Wildman–Crippen LogP) is 4.06. The number of amides is 1. The summed E-state index contributed by atoms with van der Waals surface area (Å²) in [7, 11) is 0. The van der Waals surface area contributed by atoms with Crippen LogP contribution in [0.15, 0.2) is 63.6 Å². The van der Waals surface area contributed by atoms with Crippen molar-refractivity contribution in [3.63, 3.8) is 0 Å². The summed E-state index contributed by atoms with van der Waals surface area (Å²) in [6.07, 6.45) is 2.19. The van der Waals surface area contributed by atoms with Crippen molar-refractivity contribution in [2.45, 2.75) is 12.5 Å². The highest BCUT2D eigenvalue weighted by Gasteiger charge is 2.35. The first-order chi connectivity index (χ1) is 14.2. The molecule has 1 aromatic carbocycles. The summed E-state index contributed by atoms with van der Waals surface area (Å²) in [5.74, 6) is 0.742. The van der Waals surface area contributed by atoms with E-state index < -0.39 is 0 Å². The summed E-state index contributed by atoms with van der Waals surface area (Å²) in [6, 6.07) is 11.8. The first-order valence-corrected chi connectivity index (χ1v) is 10.2. The van der Waals surface area contributed by atoms with Crippen LogP contribution in [0, 0.1) is 5.82 Å². The number of furan rings is 1. The van der Waals surface area contributed by atoms with Gasteiger partial charge in [0.2, 0.25) is 0 Å². The zero-order chi connectivity index (χ0) is 19.8. The quantitative estimate of drug-likeness (QED) is 0.650. The molecule has 1 amide bonds. The molecule has 0 saturated heterocycles. The Labute approximate surface area is 170 Å². The van der Waals surface area contributed by atoms with E-state index in [0.717, 1.165) is 10.6 Å². The molecule has 0 saturated carbocycles. The number of carbonyl (C=O) groups excluding carboxylic acids is 1. The van der Waals surface area contributed by atoms with E-state index in [-0.39, 0.29) is 24.3 Å². The van der Waals surface area contributed by atoms with Crippen molar-refractivity contribution in [2.75, 3.05) is 24.6 Å². The second-order valence-corrected chi connectivity index (χ2v) is 7.86. The van der Waals surface area contributed by atoms with E-state index in [1.807, 2.05) is 34.5 Å². The summed E-state index contributed by atoms with van der Waals surface area (Å²) >= 11 is 1.60. The Kier molecular flexibility index (Phi) is 4.55. The number of thiophene rings is 1. The normalized spacial score (nSPS) is 18.4. The third-order valence-corrected chi connectivity index (χ3v) is 6.02. The van der Waals surface area contributed by atoms with Gasteiger partial charge in [-0.25, -0.2) is 9.40 Å². The number of ether oxygens (including phenoxy) is 1. The van der Waals surface area contributed by atoms with Gasteiger partial charge in [-0.1, -0.05) is 6.07 Å². The van der Waals surface area contributed by atoms with Crippen LogP contribution in [0.4, 0.5) is 10.1 Å². The van der Waals surface area contributed by atoms with Gasteiger partial charge in [-0.05, 0) is 35.7 Å². The van der Waals surface area contributed by atoms with Gasteiger partial charge >= 0.3 is 0 Å². The fourth-order valence-electron chi connectivity index (χ4n) is 3.68. The van der Waals surface area contributed by atoms with Crippen LogP contribution in [0.3, 0.4) is 0 Å². The van der Waals surface area contributed by atoms with E-state index in [0.29, 0.717) is 36.8 Å². The standard InChI is InChI=1S/C21H18FN3O3S/c22-14-5-6-19-16(11-14)24(7-9-28-19)13-21(26)25-17(20-4-2-10-29-20)12-15(23-25)18-3-1-8-27-18/h1-6,8,10-11,17H,7,9,12-13H2/t17-/m1/s1. The number of fused-ring (bicyclic) bond motifs is 1. The maximum Gasteiger partial charge on any atom is 0.262 e. The molecule has 2 aromatic heterocycles. The lowest BCUT2D eigenvalue weighted by atomic mass is 10.1. The average molecular weight is 411 g/mol. The molecule has 0 radical (unpaired) electrons. The van der Waals surface area contributed by atoms with Crippen LogP contribution in [0.1, 0.15) is 23.1 Å². The minimum Gasteiger partial charge on any atom is -0.490 e. The summed E-state index contributed by atoms with van der Waals surface area (Å²) in [6.45, 7) is 1.05. The van der Waals surface area contributed by atoms with Crippen molar-refractivity contribution in [3.8, 4) is 5.75 Å². The summed E-state index contributed by atoms with van der Waals surface area (Å²) in [5, 5.41) is 8.12. The van der Waals surface area contributed by atoms with Crippen LogP contribution < -0.4 is 9.64 Å². The number of benzene rings is 1. The van der Waals surface area contributed by atoms with E-state index in [1.165, 1.54) is 17.1 Å². The SMILES string of the molecule is O=C(CN1CCOc2ccc(F)cc21)N1N=C(c2ccco2)C[C@@H]1c1cccs1. The van der Waals surface area contributed by atoms with Crippen LogP contribution in [0.25, 0.3) is 0 Å². The molecule has 3 aromatic rings. The summed E-state index contributed by atoms with van der Waals surface area (Å²) < 4.78 is 24.8. The lowest BCUT2D eigenvalue weighted by Gasteiger charge is -2.32. The molecule has 0 unspecified atom stereocenters. The lowest BCUT2D eigenvalue weighted by molar-refractivity contribution is -0.131. The summed E-state index contributed by atoms with van der Waals surface area (Å²) in [4.78, 5) is 16.2. The van der Waals surface area contributed by atoms with Gasteiger partial charge < -0.3 is 14.1 Å². The van der Waals surface area contributed by atoms with Gasteiger partial charge in [0.1, 0.15) is 29.6 Å². The third-order valence-electron chi connectivity index (χ3n) is 5.05. The predicted molar refractivity (Wildman–Crippen MR) is 108 cm³/mol. The molecule has 2 aliphatic rings. The van der Waals surface area contributed by atoms with E-state index in [9.17, 15) is 9.18 Å². The number of anilines is 1. The van der Waals surface area contributed by atoms with Gasteiger partial charge in [0.15, 0.2) is 0 Å². The highest BCUT2D eigenvalue weighted by molar-refractivity contribution is 7.10. The fraction of sp³-hybridized carbons (Fsp3) is 0.238. The van der Waals surface area contributed by atoms with Crippen molar-refractivity contribution in [3.05, 3.63) is 70.6 Å². The maximum atomic E-state index is 13.8. The fourth-order valence-corrected chi connectivity index (χ4v) is 4.49. The zero-order valence-corrected chi connectivity index (χ0v) is 16.3. The molecule has 6 nitrogen and oxygen atoms in total. The number of carbonyl (C=O) groups is 1. The molecule has 0 spiro atoms. The van der Waals surface area contributed by atoms with Gasteiger partial charge in [-0.2, -0.15) is 5.10 Å². The van der Waals surface area contributed by atoms with Crippen LogP contribution in [-0.4, -0.2) is 36.3 Å². The summed E-state index contributed by atoms with van der Waals surface area (Å²) in [5.41, 5.74) is 1.34. The minimum absolute atomic E-state index is 0.0939. The number of hydrogen-bond acceptors (Lipinski definition) is 6. The Balaban J connectivity index is 1.42.